The first-order chi connectivity index (χ1) is 11.6. The molecule has 2 atom stereocenters. The highest BCUT2D eigenvalue weighted by Crippen LogP contribution is 2.42. The highest BCUT2D eigenvalue weighted by atomic mass is 32.1. The van der Waals surface area contributed by atoms with Crippen molar-refractivity contribution in [1.29, 1.82) is 0 Å². The Morgan fingerprint density at radius 3 is 2.75 bits per heavy atom. The lowest BCUT2D eigenvalue weighted by Gasteiger charge is -2.11. The van der Waals surface area contributed by atoms with Crippen LogP contribution in [-0.2, 0) is 6.42 Å². The largest absolute Gasteiger partial charge is 0.356 e. The zero-order valence-corrected chi connectivity index (χ0v) is 14.5. The average molecular weight is 350 g/mol. The van der Waals surface area contributed by atoms with E-state index in [1.165, 1.54) is 18.2 Å². The monoisotopic (exact) mass is 350 g/mol. The van der Waals surface area contributed by atoms with Crippen LogP contribution in [0.4, 0.5) is 8.78 Å². The number of thiazole rings is 1. The van der Waals surface area contributed by atoms with Gasteiger partial charge in [0, 0.05) is 42.9 Å². The number of aryl methyl sites for hydroxylation is 1. The van der Waals surface area contributed by atoms with Crippen LogP contribution >= 0.6 is 11.3 Å². The summed E-state index contributed by atoms with van der Waals surface area (Å²) in [5.41, 5.74) is 1.22. The fraction of sp³-hybridized carbons (Fsp3) is 0.412. The molecule has 24 heavy (non-hydrogen) atoms. The number of aromatic nitrogens is 1. The third-order valence-corrected chi connectivity index (χ3v) is 4.87. The third kappa shape index (κ3) is 3.90. The average Bonchev–Trinajstić information content (AvgIpc) is 3.17. The highest BCUT2D eigenvalue weighted by molar-refractivity contribution is 7.09. The standard InChI is InChI=1S/C17H20F2N4S/c1-10-22-11(9-24-10)6-7-21-17(20-2)23-15-8-12(15)16-13(18)4-3-5-14(16)19/h3-5,9,12,15H,6-8H2,1-2H3,(H2,20,21,23). The van der Waals surface area contributed by atoms with Gasteiger partial charge in [-0.3, -0.25) is 4.99 Å². The molecule has 1 saturated carbocycles. The van der Waals surface area contributed by atoms with Crippen LogP contribution < -0.4 is 10.6 Å². The van der Waals surface area contributed by atoms with Gasteiger partial charge >= 0.3 is 0 Å². The molecule has 128 valence electrons. The second-order valence-corrected chi connectivity index (χ2v) is 6.90. The summed E-state index contributed by atoms with van der Waals surface area (Å²) in [6, 6.07) is 4.00. The van der Waals surface area contributed by atoms with Crippen LogP contribution in [0.5, 0.6) is 0 Å². The molecular weight excluding hydrogens is 330 g/mol. The van der Waals surface area contributed by atoms with Gasteiger partial charge in [0.2, 0.25) is 0 Å². The summed E-state index contributed by atoms with van der Waals surface area (Å²) in [4.78, 5) is 8.58. The molecule has 1 heterocycles. The molecule has 2 N–H and O–H groups in total. The van der Waals surface area contributed by atoms with Gasteiger partial charge in [-0.2, -0.15) is 0 Å². The molecule has 1 fully saturated rings. The van der Waals surface area contributed by atoms with Gasteiger partial charge < -0.3 is 10.6 Å². The van der Waals surface area contributed by atoms with Gasteiger partial charge in [-0.15, -0.1) is 11.3 Å². The number of hydrogen-bond donors (Lipinski definition) is 2. The molecule has 2 unspecified atom stereocenters. The van der Waals surface area contributed by atoms with Crippen molar-refractivity contribution >= 4 is 17.3 Å². The number of nitrogens with one attached hydrogen (secondary N) is 2. The van der Waals surface area contributed by atoms with E-state index in [0.717, 1.165) is 17.1 Å². The van der Waals surface area contributed by atoms with E-state index < -0.39 is 11.6 Å². The molecule has 4 nitrogen and oxygen atoms in total. The summed E-state index contributed by atoms with van der Waals surface area (Å²) in [6.45, 7) is 2.69. The third-order valence-electron chi connectivity index (χ3n) is 4.05. The van der Waals surface area contributed by atoms with Crippen molar-refractivity contribution in [1.82, 2.24) is 15.6 Å². The molecule has 0 amide bonds. The Morgan fingerprint density at radius 1 is 1.38 bits per heavy atom. The number of guanidine groups is 1. The van der Waals surface area contributed by atoms with Crippen LogP contribution in [0.15, 0.2) is 28.6 Å². The summed E-state index contributed by atoms with van der Waals surface area (Å²) < 4.78 is 27.6. The van der Waals surface area contributed by atoms with Gasteiger partial charge in [-0.1, -0.05) is 6.07 Å². The van der Waals surface area contributed by atoms with Crippen LogP contribution in [-0.4, -0.2) is 30.6 Å². The van der Waals surface area contributed by atoms with Gasteiger partial charge in [0.1, 0.15) is 11.6 Å². The van der Waals surface area contributed by atoms with E-state index in [4.69, 9.17) is 0 Å². The van der Waals surface area contributed by atoms with Gasteiger partial charge in [0.05, 0.1) is 10.7 Å². The van der Waals surface area contributed by atoms with Gasteiger partial charge in [-0.05, 0) is 25.5 Å². The summed E-state index contributed by atoms with van der Waals surface area (Å²) in [5, 5.41) is 9.54. The Bertz CT molecular complexity index is 724. The molecule has 7 heteroatoms. The first-order valence-corrected chi connectivity index (χ1v) is 8.78. The van der Waals surface area contributed by atoms with Crippen molar-refractivity contribution < 1.29 is 8.78 Å². The number of halogens is 2. The Kier molecular flexibility index (Phi) is 5.08. The SMILES string of the molecule is CN=C(NCCc1csc(C)n1)NC1CC1c1c(F)cccc1F. The van der Waals surface area contributed by atoms with Crippen molar-refractivity contribution in [2.24, 2.45) is 4.99 Å². The zero-order chi connectivity index (χ0) is 17.1. The molecule has 1 aliphatic rings. The quantitative estimate of drug-likeness (QED) is 0.644. The number of benzene rings is 1. The second-order valence-electron chi connectivity index (χ2n) is 5.84. The van der Waals surface area contributed by atoms with E-state index in [2.05, 4.69) is 20.6 Å². The lowest BCUT2D eigenvalue weighted by Crippen LogP contribution is -2.40. The molecule has 0 aliphatic heterocycles. The second kappa shape index (κ2) is 7.25. The molecule has 2 aromatic rings. The summed E-state index contributed by atoms with van der Waals surface area (Å²) in [5.74, 6) is -0.463. The van der Waals surface area contributed by atoms with Crippen molar-refractivity contribution in [3.05, 3.63) is 51.5 Å². The Hall–Kier alpha value is -2.02. The smallest absolute Gasteiger partial charge is 0.191 e. The maximum atomic E-state index is 13.8. The number of hydrogen-bond acceptors (Lipinski definition) is 3. The minimum Gasteiger partial charge on any atom is -0.356 e. The van der Waals surface area contributed by atoms with Crippen LogP contribution in [0, 0.1) is 18.6 Å². The van der Waals surface area contributed by atoms with Gasteiger partial charge in [0.25, 0.3) is 0 Å². The lowest BCUT2D eigenvalue weighted by molar-refractivity contribution is 0.553. The topological polar surface area (TPSA) is 49.3 Å². The fourth-order valence-electron chi connectivity index (χ4n) is 2.74. The van der Waals surface area contributed by atoms with Crippen molar-refractivity contribution in [2.45, 2.75) is 31.7 Å². The highest BCUT2D eigenvalue weighted by Gasteiger charge is 2.42. The molecule has 1 aliphatic carbocycles. The minimum absolute atomic E-state index is 0.00381. The molecule has 1 aromatic carbocycles. The molecule has 0 bridgehead atoms. The zero-order valence-electron chi connectivity index (χ0n) is 13.6. The van der Waals surface area contributed by atoms with E-state index in [1.54, 1.807) is 18.4 Å². The maximum absolute atomic E-state index is 13.8. The normalized spacial score (nSPS) is 20.1. The van der Waals surface area contributed by atoms with Gasteiger partial charge in [-0.25, -0.2) is 13.8 Å². The molecule has 0 spiro atoms. The Labute approximate surface area is 144 Å². The fourth-order valence-corrected chi connectivity index (χ4v) is 3.39. The van der Waals surface area contributed by atoms with Crippen molar-refractivity contribution in [3.8, 4) is 0 Å². The first kappa shape index (κ1) is 16.8. The first-order valence-electron chi connectivity index (χ1n) is 7.90. The maximum Gasteiger partial charge on any atom is 0.191 e. The molecule has 0 radical (unpaired) electrons. The van der Waals surface area contributed by atoms with E-state index in [9.17, 15) is 8.78 Å². The predicted molar refractivity (Wildman–Crippen MR) is 92.6 cm³/mol. The number of nitrogens with zero attached hydrogens (tertiary/aromatic N) is 2. The van der Waals surface area contributed by atoms with Crippen molar-refractivity contribution in [2.75, 3.05) is 13.6 Å². The van der Waals surface area contributed by atoms with E-state index in [-0.39, 0.29) is 17.5 Å². The summed E-state index contributed by atoms with van der Waals surface area (Å²) in [7, 11) is 1.68. The molecule has 3 rings (SSSR count). The van der Waals surface area contributed by atoms with Gasteiger partial charge in [0.15, 0.2) is 5.96 Å². The Morgan fingerprint density at radius 2 is 2.12 bits per heavy atom. The van der Waals surface area contributed by atoms with E-state index >= 15 is 0 Å². The molecular formula is C17H20F2N4S. The lowest BCUT2D eigenvalue weighted by atomic mass is 10.1. The van der Waals surface area contributed by atoms with Crippen LogP contribution in [0.2, 0.25) is 0 Å². The molecule has 0 saturated heterocycles. The number of rotatable bonds is 5. The summed E-state index contributed by atoms with van der Waals surface area (Å²) >= 11 is 1.63. The minimum atomic E-state index is -0.480. The summed E-state index contributed by atoms with van der Waals surface area (Å²) in [6.07, 6.45) is 1.50. The van der Waals surface area contributed by atoms with Crippen LogP contribution in [0.1, 0.15) is 28.6 Å². The van der Waals surface area contributed by atoms with E-state index in [1.807, 2.05) is 12.3 Å². The van der Waals surface area contributed by atoms with Crippen LogP contribution in [0.3, 0.4) is 0 Å². The number of aliphatic imine (C=N–C) groups is 1. The molecule has 1 aromatic heterocycles. The Balaban J connectivity index is 1.50. The van der Waals surface area contributed by atoms with E-state index in [0.29, 0.717) is 18.9 Å². The predicted octanol–water partition coefficient (Wildman–Crippen LogP) is 2.99. The van der Waals surface area contributed by atoms with Crippen LogP contribution in [0.25, 0.3) is 0 Å². The van der Waals surface area contributed by atoms with Crippen molar-refractivity contribution in [3.63, 3.8) is 0 Å².